The largest absolute Gasteiger partial charge is 0.451 e. The molecule has 0 aliphatic carbocycles. The number of aromatic nitrogens is 5. The highest BCUT2D eigenvalue weighted by molar-refractivity contribution is 5.89. The second-order valence-corrected chi connectivity index (χ2v) is 7.87. The zero-order valence-electron chi connectivity index (χ0n) is 17.3. The van der Waals surface area contributed by atoms with E-state index in [4.69, 9.17) is 0 Å². The topological polar surface area (TPSA) is 59.7 Å². The first-order chi connectivity index (χ1) is 15.2. The van der Waals surface area contributed by atoms with Crippen molar-refractivity contribution in [2.24, 2.45) is 7.05 Å². The molecule has 0 saturated heterocycles. The van der Waals surface area contributed by atoms with Gasteiger partial charge in [0.15, 0.2) is 0 Å². The lowest BCUT2D eigenvalue weighted by atomic mass is 10.0. The summed E-state index contributed by atoms with van der Waals surface area (Å²) >= 11 is 0. The molecule has 1 aromatic carbocycles. The van der Waals surface area contributed by atoms with Crippen LogP contribution in [0, 0.1) is 12.7 Å². The smallest absolute Gasteiger partial charge is 0.351 e. The lowest BCUT2D eigenvalue weighted by Crippen LogP contribution is -2.32. The van der Waals surface area contributed by atoms with Crippen LogP contribution in [0.5, 0.6) is 0 Å². The van der Waals surface area contributed by atoms with Crippen LogP contribution in [0.4, 0.5) is 23.4 Å². The number of rotatable bonds is 2. The average Bonchev–Trinajstić information content (AvgIpc) is 3.09. The van der Waals surface area contributed by atoms with Crippen molar-refractivity contribution in [3.8, 4) is 11.3 Å². The fraction of sp³-hybridized carbons (Fsp3) is 0.273. The van der Waals surface area contributed by atoms with Gasteiger partial charge in [-0.05, 0) is 42.3 Å². The lowest BCUT2D eigenvalue weighted by molar-refractivity contribution is -0.144. The maximum absolute atomic E-state index is 13.9. The molecular weight excluding hydrogens is 424 g/mol. The third-order valence-electron chi connectivity index (χ3n) is 5.52. The predicted octanol–water partition coefficient (Wildman–Crippen LogP) is 4.45. The second kappa shape index (κ2) is 7.25. The second-order valence-electron chi connectivity index (χ2n) is 7.87. The molecule has 4 aromatic rings. The SMILES string of the molecule is Cc1cn(C)nc1-c1cnc2c(c1)CN(c1nc(C(F)(F)F)nc3ccc(F)cc13)CC2. The van der Waals surface area contributed by atoms with Crippen LogP contribution in [0.1, 0.15) is 22.6 Å². The molecule has 0 spiro atoms. The van der Waals surface area contributed by atoms with E-state index in [-0.39, 0.29) is 16.7 Å². The highest BCUT2D eigenvalue weighted by Crippen LogP contribution is 2.34. The summed E-state index contributed by atoms with van der Waals surface area (Å²) in [5.74, 6) is -1.74. The predicted molar refractivity (Wildman–Crippen MR) is 110 cm³/mol. The maximum atomic E-state index is 13.9. The zero-order valence-corrected chi connectivity index (χ0v) is 17.3. The monoisotopic (exact) mass is 442 g/mol. The number of nitrogens with zero attached hydrogens (tertiary/aromatic N) is 6. The number of anilines is 1. The van der Waals surface area contributed by atoms with E-state index in [1.807, 2.05) is 26.2 Å². The summed E-state index contributed by atoms with van der Waals surface area (Å²) in [4.78, 5) is 13.7. The van der Waals surface area contributed by atoms with Crippen LogP contribution in [0.15, 0.2) is 36.7 Å². The van der Waals surface area contributed by atoms with Crippen LogP contribution in [0.2, 0.25) is 0 Å². The fourth-order valence-corrected chi connectivity index (χ4v) is 4.08. The van der Waals surface area contributed by atoms with E-state index in [0.29, 0.717) is 19.5 Å². The first-order valence-corrected chi connectivity index (χ1v) is 9.97. The molecule has 0 bridgehead atoms. The van der Waals surface area contributed by atoms with E-state index < -0.39 is 17.8 Å². The number of fused-ring (bicyclic) bond motifs is 2. The molecule has 0 atom stereocenters. The molecule has 32 heavy (non-hydrogen) atoms. The Morgan fingerprint density at radius 2 is 1.91 bits per heavy atom. The Hall–Kier alpha value is -3.56. The van der Waals surface area contributed by atoms with Gasteiger partial charge >= 0.3 is 6.18 Å². The average molecular weight is 442 g/mol. The molecule has 0 fully saturated rings. The van der Waals surface area contributed by atoms with Gasteiger partial charge in [0.1, 0.15) is 11.6 Å². The van der Waals surface area contributed by atoms with Crippen LogP contribution in [-0.4, -0.2) is 31.3 Å². The number of alkyl halides is 3. The van der Waals surface area contributed by atoms with Gasteiger partial charge in [0.05, 0.1) is 11.2 Å². The Labute approximate surface area is 180 Å². The van der Waals surface area contributed by atoms with Crippen LogP contribution in [0.3, 0.4) is 0 Å². The summed E-state index contributed by atoms with van der Waals surface area (Å²) in [5.41, 5.74) is 4.42. The fourth-order valence-electron chi connectivity index (χ4n) is 4.08. The van der Waals surface area contributed by atoms with Crippen molar-refractivity contribution >= 4 is 16.7 Å². The number of hydrogen-bond acceptors (Lipinski definition) is 5. The normalized spacial score (nSPS) is 14.1. The molecule has 1 aliphatic heterocycles. The van der Waals surface area contributed by atoms with Crippen molar-refractivity contribution in [1.29, 1.82) is 0 Å². The molecule has 10 heteroatoms. The quantitative estimate of drug-likeness (QED) is 0.429. The lowest BCUT2D eigenvalue weighted by Gasteiger charge is -2.30. The van der Waals surface area contributed by atoms with Crippen molar-refractivity contribution in [3.63, 3.8) is 0 Å². The Balaban J connectivity index is 1.59. The van der Waals surface area contributed by atoms with Gasteiger partial charge in [-0.15, -0.1) is 0 Å². The summed E-state index contributed by atoms with van der Waals surface area (Å²) in [7, 11) is 1.83. The van der Waals surface area contributed by atoms with E-state index in [0.717, 1.165) is 34.1 Å². The number of hydrogen-bond donors (Lipinski definition) is 0. The van der Waals surface area contributed by atoms with Gasteiger partial charge in [-0.1, -0.05) is 0 Å². The summed E-state index contributed by atoms with van der Waals surface area (Å²) in [5, 5.41) is 4.71. The van der Waals surface area contributed by atoms with E-state index in [2.05, 4.69) is 20.1 Å². The number of aryl methyl sites for hydroxylation is 2. The molecule has 6 nitrogen and oxygen atoms in total. The Morgan fingerprint density at radius 1 is 1.09 bits per heavy atom. The summed E-state index contributed by atoms with van der Waals surface area (Å²) in [6.45, 7) is 2.65. The molecule has 0 radical (unpaired) electrons. The molecule has 0 unspecified atom stereocenters. The minimum absolute atomic E-state index is 0.0468. The zero-order chi connectivity index (χ0) is 22.6. The number of halogens is 4. The molecule has 164 valence electrons. The molecule has 3 aromatic heterocycles. The third kappa shape index (κ3) is 3.55. The minimum Gasteiger partial charge on any atom is -0.351 e. The number of pyridine rings is 1. The molecule has 5 rings (SSSR count). The first-order valence-electron chi connectivity index (χ1n) is 9.97. The third-order valence-corrected chi connectivity index (χ3v) is 5.52. The highest BCUT2D eigenvalue weighted by Gasteiger charge is 2.36. The van der Waals surface area contributed by atoms with Crippen molar-refractivity contribution in [2.45, 2.75) is 26.1 Å². The molecule has 4 heterocycles. The Kier molecular flexibility index (Phi) is 4.61. The summed E-state index contributed by atoms with van der Waals surface area (Å²) < 4.78 is 55.9. The van der Waals surface area contributed by atoms with Gasteiger partial charge in [0.2, 0.25) is 5.82 Å². The number of benzene rings is 1. The molecular formula is C22H18F4N6. The maximum Gasteiger partial charge on any atom is 0.451 e. The van der Waals surface area contributed by atoms with Crippen molar-refractivity contribution < 1.29 is 17.6 Å². The highest BCUT2D eigenvalue weighted by atomic mass is 19.4. The van der Waals surface area contributed by atoms with Gasteiger partial charge < -0.3 is 4.90 Å². The van der Waals surface area contributed by atoms with Gasteiger partial charge in [-0.3, -0.25) is 9.67 Å². The van der Waals surface area contributed by atoms with Crippen molar-refractivity contribution in [3.05, 3.63) is 65.1 Å². The summed E-state index contributed by atoms with van der Waals surface area (Å²) in [6, 6.07) is 5.47. The van der Waals surface area contributed by atoms with Crippen molar-refractivity contribution in [2.75, 3.05) is 11.4 Å². The summed E-state index contributed by atoms with van der Waals surface area (Å²) in [6.07, 6.45) is -0.516. The van der Waals surface area contributed by atoms with Gasteiger partial charge in [0.25, 0.3) is 0 Å². The minimum atomic E-state index is -4.71. The molecule has 0 saturated carbocycles. The van der Waals surface area contributed by atoms with Crippen LogP contribution in [-0.2, 0) is 26.2 Å². The van der Waals surface area contributed by atoms with Crippen molar-refractivity contribution in [1.82, 2.24) is 24.7 Å². The first kappa shape index (κ1) is 20.3. The van der Waals surface area contributed by atoms with Gasteiger partial charge in [-0.2, -0.15) is 18.3 Å². The van der Waals surface area contributed by atoms with E-state index in [9.17, 15) is 17.6 Å². The molecule has 1 aliphatic rings. The standard InChI is InChI=1S/C22H18F4N6/c1-12-10-31(2)30-19(12)13-7-14-11-32(6-5-17(14)27-9-13)20-16-8-15(23)3-4-18(16)28-21(29-20)22(24,25)26/h3-4,7-10H,5-6,11H2,1-2H3. The molecule has 0 N–H and O–H groups in total. The van der Waals surface area contributed by atoms with E-state index in [1.165, 1.54) is 12.1 Å². The molecule has 0 amide bonds. The van der Waals surface area contributed by atoms with Gasteiger partial charge in [0, 0.05) is 55.6 Å². The van der Waals surface area contributed by atoms with E-state index in [1.54, 1.807) is 15.8 Å². The van der Waals surface area contributed by atoms with Crippen LogP contribution >= 0.6 is 0 Å². The van der Waals surface area contributed by atoms with Gasteiger partial charge in [-0.25, -0.2) is 14.4 Å². The van der Waals surface area contributed by atoms with E-state index >= 15 is 0 Å². The Bertz CT molecular complexity index is 1340. The van der Waals surface area contributed by atoms with Crippen LogP contribution in [0.25, 0.3) is 22.2 Å². The van der Waals surface area contributed by atoms with Crippen LogP contribution < -0.4 is 4.90 Å². The Morgan fingerprint density at radius 3 is 2.62 bits per heavy atom.